The number of nitrogens with zero attached hydrogens (tertiary/aromatic N) is 2. The summed E-state index contributed by atoms with van der Waals surface area (Å²) in [5, 5.41) is 8.72. The van der Waals surface area contributed by atoms with E-state index in [-0.39, 0.29) is 18.4 Å². The van der Waals surface area contributed by atoms with Crippen molar-refractivity contribution < 1.29 is 19.4 Å². The molecule has 6 nitrogen and oxygen atoms in total. The Bertz CT molecular complexity index is 302. The lowest BCUT2D eigenvalue weighted by molar-refractivity contribution is -0.138. The normalized spacial score (nSPS) is 25.1. The van der Waals surface area contributed by atoms with Crippen molar-refractivity contribution in [3.05, 3.63) is 0 Å². The second-order valence-electron chi connectivity index (χ2n) is 4.58. The van der Waals surface area contributed by atoms with Gasteiger partial charge < -0.3 is 19.6 Å². The molecule has 2 rings (SSSR count). The molecule has 0 aliphatic carbocycles. The summed E-state index contributed by atoms with van der Waals surface area (Å²) in [6, 6.07) is 0.0289. The van der Waals surface area contributed by atoms with E-state index in [0.29, 0.717) is 39.4 Å². The number of carboxylic acid groups (broad SMARTS) is 1. The Balaban J connectivity index is 1.82. The van der Waals surface area contributed by atoms with Crippen molar-refractivity contribution in [2.75, 3.05) is 39.4 Å². The molecule has 0 radical (unpaired) electrons. The zero-order chi connectivity index (χ0) is 12.3. The molecule has 6 heteroatoms. The third-order valence-electron chi connectivity index (χ3n) is 3.30. The first kappa shape index (κ1) is 12.2. The molecule has 1 N–H and O–H groups in total. The highest BCUT2D eigenvalue weighted by atomic mass is 16.5. The lowest BCUT2D eigenvalue weighted by atomic mass is 10.1. The Morgan fingerprint density at radius 1 is 1.18 bits per heavy atom. The Kier molecular flexibility index (Phi) is 3.83. The number of rotatable bonds is 2. The first-order valence-corrected chi connectivity index (χ1v) is 6.00. The van der Waals surface area contributed by atoms with Gasteiger partial charge in [-0.05, 0) is 12.3 Å². The van der Waals surface area contributed by atoms with Gasteiger partial charge >= 0.3 is 12.0 Å². The number of likely N-dealkylation sites (tertiary alicyclic amines) is 1. The fourth-order valence-corrected chi connectivity index (χ4v) is 2.37. The van der Waals surface area contributed by atoms with Crippen molar-refractivity contribution >= 4 is 12.0 Å². The van der Waals surface area contributed by atoms with Gasteiger partial charge in [-0.15, -0.1) is 0 Å². The molecular weight excluding hydrogens is 224 g/mol. The summed E-state index contributed by atoms with van der Waals surface area (Å²) in [5.74, 6) is -0.673. The van der Waals surface area contributed by atoms with Crippen LogP contribution in [-0.4, -0.2) is 66.3 Å². The van der Waals surface area contributed by atoms with Crippen LogP contribution in [0.25, 0.3) is 0 Å². The highest BCUT2D eigenvalue weighted by molar-refractivity contribution is 5.75. The molecule has 0 aromatic heterocycles. The highest BCUT2D eigenvalue weighted by Crippen LogP contribution is 2.21. The predicted octanol–water partition coefficient (Wildman–Crippen LogP) is 0.235. The van der Waals surface area contributed by atoms with Crippen LogP contribution in [0.2, 0.25) is 0 Å². The maximum absolute atomic E-state index is 12.1. The topological polar surface area (TPSA) is 70.1 Å². The SMILES string of the molecule is O=C(O)CC1CCN(C(=O)N2CCOCC2)C1. The summed E-state index contributed by atoms with van der Waals surface area (Å²) in [5.41, 5.74) is 0. The number of hydrogen-bond acceptors (Lipinski definition) is 3. The first-order chi connectivity index (χ1) is 8.16. The maximum Gasteiger partial charge on any atom is 0.320 e. The van der Waals surface area contributed by atoms with E-state index in [2.05, 4.69) is 0 Å². The second kappa shape index (κ2) is 5.35. The zero-order valence-electron chi connectivity index (χ0n) is 9.80. The van der Waals surface area contributed by atoms with Crippen molar-refractivity contribution in [1.29, 1.82) is 0 Å². The summed E-state index contributed by atoms with van der Waals surface area (Å²) in [4.78, 5) is 26.2. The van der Waals surface area contributed by atoms with Gasteiger partial charge in [0.1, 0.15) is 0 Å². The average Bonchev–Trinajstić information content (AvgIpc) is 2.77. The van der Waals surface area contributed by atoms with Crippen LogP contribution < -0.4 is 0 Å². The van der Waals surface area contributed by atoms with Crippen molar-refractivity contribution in [3.8, 4) is 0 Å². The van der Waals surface area contributed by atoms with E-state index in [4.69, 9.17) is 9.84 Å². The summed E-state index contributed by atoms with van der Waals surface area (Å²) >= 11 is 0. The summed E-state index contributed by atoms with van der Waals surface area (Å²) in [6.07, 6.45) is 0.954. The van der Waals surface area contributed by atoms with Crippen LogP contribution >= 0.6 is 0 Å². The van der Waals surface area contributed by atoms with Gasteiger partial charge in [-0.3, -0.25) is 4.79 Å². The van der Waals surface area contributed by atoms with E-state index in [1.165, 1.54) is 0 Å². The van der Waals surface area contributed by atoms with E-state index in [1.807, 2.05) is 0 Å². The number of carboxylic acids is 1. The minimum atomic E-state index is -0.782. The van der Waals surface area contributed by atoms with Gasteiger partial charge in [0.15, 0.2) is 0 Å². The molecular formula is C11H18N2O4. The smallest absolute Gasteiger partial charge is 0.320 e. The first-order valence-electron chi connectivity index (χ1n) is 6.00. The molecule has 0 bridgehead atoms. The standard InChI is InChI=1S/C11H18N2O4/c14-10(15)7-9-1-2-13(8-9)11(16)12-3-5-17-6-4-12/h9H,1-8H2,(H,14,15). The maximum atomic E-state index is 12.1. The third kappa shape index (κ3) is 3.09. The van der Waals surface area contributed by atoms with Crippen molar-refractivity contribution in [2.45, 2.75) is 12.8 Å². The molecule has 0 spiro atoms. The molecule has 2 amide bonds. The third-order valence-corrected chi connectivity index (χ3v) is 3.30. The molecule has 2 aliphatic heterocycles. The summed E-state index contributed by atoms with van der Waals surface area (Å²) in [7, 11) is 0. The Labute approximate surface area is 100 Å². The van der Waals surface area contributed by atoms with Gasteiger partial charge in [-0.25, -0.2) is 4.79 Å². The van der Waals surface area contributed by atoms with Crippen molar-refractivity contribution in [1.82, 2.24) is 9.80 Å². The van der Waals surface area contributed by atoms with Crippen molar-refractivity contribution in [3.63, 3.8) is 0 Å². The number of hydrogen-bond donors (Lipinski definition) is 1. The molecule has 1 unspecified atom stereocenters. The molecule has 1 atom stereocenters. The fraction of sp³-hybridized carbons (Fsp3) is 0.818. The molecule has 2 aliphatic rings. The van der Waals surface area contributed by atoms with Crippen LogP contribution in [0.1, 0.15) is 12.8 Å². The van der Waals surface area contributed by atoms with Crippen LogP contribution in [0.4, 0.5) is 4.79 Å². The lowest BCUT2D eigenvalue weighted by Crippen LogP contribution is -2.47. The van der Waals surface area contributed by atoms with Crippen LogP contribution in [0.15, 0.2) is 0 Å². The number of urea groups is 1. The van der Waals surface area contributed by atoms with Crippen LogP contribution in [0.3, 0.4) is 0 Å². The Hall–Kier alpha value is -1.30. The number of carbonyl (C=O) groups excluding carboxylic acids is 1. The average molecular weight is 242 g/mol. The van der Waals surface area contributed by atoms with Gasteiger partial charge in [0.05, 0.1) is 13.2 Å². The van der Waals surface area contributed by atoms with Gasteiger partial charge in [-0.2, -0.15) is 0 Å². The van der Waals surface area contributed by atoms with Crippen LogP contribution in [0, 0.1) is 5.92 Å². The molecule has 2 fully saturated rings. The van der Waals surface area contributed by atoms with E-state index in [1.54, 1.807) is 9.80 Å². The Morgan fingerprint density at radius 3 is 2.53 bits per heavy atom. The monoisotopic (exact) mass is 242 g/mol. The quantitative estimate of drug-likeness (QED) is 0.752. The fourth-order valence-electron chi connectivity index (χ4n) is 2.37. The number of morpholine rings is 1. The van der Waals surface area contributed by atoms with E-state index in [9.17, 15) is 9.59 Å². The minimum Gasteiger partial charge on any atom is -0.481 e. The number of aliphatic carboxylic acids is 1. The van der Waals surface area contributed by atoms with Gasteiger partial charge in [0, 0.05) is 32.6 Å². The molecule has 0 saturated carbocycles. The molecule has 96 valence electrons. The zero-order valence-corrected chi connectivity index (χ0v) is 9.80. The van der Waals surface area contributed by atoms with Gasteiger partial charge in [0.2, 0.25) is 0 Å². The largest absolute Gasteiger partial charge is 0.481 e. The predicted molar refractivity (Wildman–Crippen MR) is 59.7 cm³/mol. The Morgan fingerprint density at radius 2 is 1.88 bits per heavy atom. The van der Waals surface area contributed by atoms with Gasteiger partial charge in [-0.1, -0.05) is 0 Å². The van der Waals surface area contributed by atoms with E-state index < -0.39 is 5.97 Å². The number of ether oxygens (including phenoxy) is 1. The van der Waals surface area contributed by atoms with Crippen molar-refractivity contribution in [2.24, 2.45) is 5.92 Å². The number of carbonyl (C=O) groups is 2. The number of amides is 2. The minimum absolute atomic E-state index is 0.0289. The molecule has 0 aromatic rings. The molecule has 0 aromatic carbocycles. The summed E-state index contributed by atoms with van der Waals surface area (Å²) in [6.45, 7) is 3.71. The van der Waals surface area contributed by atoms with Crippen LogP contribution in [0.5, 0.6) is 0 Å². The molecule has 2 heterocycles. The van der Waals surface area contributed by atoms with Crippen LogP contribution in [-0.2, 0) is 9.53 Å². The van der Waals surface area contributed by atoms with E-state index in [0.717, 1.165) is 6.42 Å². The summed E-state index contributed by atoms with van der Waals surface area (Å²) < 4.78 is 5.20. The second-order valence-corrected chi connectivity index (χ2v) is 4.58. The molecule has 2 saturated heterocycles. The van der Waals surface area contributed by atoms with E-state index >= 15 is 0 Å². The highest BCUT2D eigenvalue weighted by Gasteiger charge is 2.30. The molecule has 17 heavy (non-hydrogen) atoms. The lowest BCUT2D eigenvalue weighted by Gasteiger charge is -2.30. The van der Waals surface area contributed by atoms with Gasteiger partial charge in [0.25, 0.3) is 0 Å².